The quantitative estimate of drug-likeness (QED) is 0.862. The monoisotopic (exact) mass is 373 g/mol. The van der Waals surface area contributed by atoms with E-state index in [-0.39, 0.29) is 24.9 Å². The first-order valence-electron chi connectivity index (χ1n) is 9.12. The number of alkyl halides is 3. The molecule has 1 aliphatic carbocycles. The Hall–Kier alpha value is -1.77. The maximum atomic E-state index is 12.7. The van der Waals surface area contributed by atoms with Crippen molar-refractivity contribution < 1.29 is 18.0 Å². The van der Waals surface area contributed by atoms with E-state index in [1.54, 1.807) is 22.8 Å². The number of likely N-dealkylation sites (N-methyl/N-ethyl adjacent to an activating group) is 1. The Kier molecular flexibility index (Phi) is 5.74. The summed E-state index contributed by atoms with van der Waals surface area (Å²) in [5.74, 6) is -1.15. The molecule has 0 bridgehead atoms. The van der Waals surface area contributed by atoms with Crippen LogP contribution in [0.4, 0.5) is 18.0 Å². The van der Waals surface area contributed by atoms with Gasteiger partial charge in [-0.1, -0.05) is 0 Å². The molecule has 6 nitrogen and oxygen atoms in total. The van der Waals surface area contributed by atoms with Gasteiger partial charge in [-0.25, -0.2) is 4.79 Å². The molecule has 2 heterocycles. The lowest BCUT2D eigenvalue weighted by molar-refractivity contribution is -0.187. The van der Waals surface area contributed by atoms with Crippen LogP contribution in [0.1, 0.15) is 25.7 Å². The second kappa shape index (κ2) is 7.85. The van der Waals surface area contributed by atoms with Crippen molar-refractivity contribution in [2.75, 3.05) is 26.7 Å². The molecule has 3 rings (SSSR count). The molecule has 2 fully saturated rings. The van der Waals surface area contributed by atoms with Crippen molar-refractivity contribution >= 4 is 6.03 Å². The van der Waals surface area contributed by atoms with Crippen LogP contribution in [-0.2, 0) is 6.54 Å². The molecule has 2 aliphatic rings. The summed E-state index contributed by atoms with van der Waals surface area (Å²) in [6.07, 6.45) is 1.49. The summed E-state index contributed by atoms with van der Waals surface area (Å²) in [6, 6.07) is 2.13. The van der Waals surface area contributed by atoms with Crippen LogP contribution in [0.2, 0.25) is 0 Å². The fourth-order valence-corrected chi connectivity index (χ4v) is 3.67. The van der Waals surface area contributed by atoms with Crippen LogP contribution < -0.4 is 5.32 Å². The second-order valence-corrected chi connectivity index (χ2v) is 7.31. The van der Waals surface area contributed by atoms with Crippen molar-refractivity contribution in [1.29, 1.82) is 0 Å². The van der Waals surface area contributed by atoms with E-state index in [4.69, 9.17) is 0 Å². The Morgan fingerprint density at radius 3 is 2.58 bits per heavy atom. The number of hydrogen-bond acceptors (Lipinski definition) is 3. The van der Waals surface area contributed by atoms with Gasteiger partial charge in [0.1, 0.15) is 0 Å². The van der Waals surface area contributed by atoms with E-state index in [0.29, 0.717) is 32.2 Å². The van der Waals surface area contributed by atoms with Crippen molar-refractivity contribution in [3.63, 3.8) is 0 Å². The third kappa shape index (κ3) is 4.69. The van der Waals surface area contributed by atoms with Crippen molar-refractivity contribution in [1.82, 2.24) is 24.9 Å². The summed E-state index contributed by atoms with van der Waals surface area (Å²) in [4.78, 5) is 16.0. The van der Waals surface area contributed by atoms with Gasteiger partial charge in [0.05, 0.1) is 12.5 Å². The Morgan fingerprint density at radius 2 is 2.00 bits per heavy atom. The number of aromatic nitrogens is 2. The zero-order chi connectivity index (χ0) is 18.7. The number of carbonyl (C=O) groups excluding carboxylic acids is 1. The number of nitrogens with zero attached hydrogens (tertiary/aromatic N) is 4. The first-order valence-corrected chi connectivity index (χ1v) is 9.12. The largest absolute Gasteiger partial charge is 0.391 e. The minimum Gasteiger partial charge on any atom is -0.335 e. The lowest BCUT2D eigenvalue weighted by Gasteiger charge is -2.46. The van der Waals surface area contributed by atoms with E-state index >= 15 is 0 Å². The molecule has 1 saturated carbocycles. The number of hydrogen-bond donors (Lipinski definition) is 1. The van der Waals surface area contributed by atoms with Crippen LogP contribution in [0, 0.1) is 5.92 Å². The van der Waals surface area contributed by atoms with Crippen LogP contribution in [-0.4, -0.2) is 70.6 Å². The maximum Gasteiger partial charge on any atom is 0.391 e. The van der Waals surface area contributed by atoms with E-state index in [1.807, 2.05) is 12.3 Å². The Balaban J connectivity index is 1.33. The average Bonchev–Trinajstić information content (AvgIpc) is 3.08. The summed E-state index contributed by atoms with van der Waals surface area (Å²) in [6.45, 7) is 2.20. The first kappa shape index (κ1) is 19.0. The molecule has 26 heavy (non-hydrogen) atoms. The van der Waals surface area contributed by atoms with Gasteiger partial charge in [-0.15, -0.1) is 0 Å². The summed E-state index contributed by atoms with van der Waals surface area (Å²) in [5, 5.41) is 7.10. The summed E-state index contributed by atoms with van der Waals surface area (Å²) < 4.78 is 39.9. The first-order chi connectivity index (χ1) is 12.3. The topological polar surface area (TPSA) is 53.4 Å². The average molecular weight is 373 g/mol. The Morgan fingerprint density at radius 1 is 1.31 bits per heavy atom. The number of amides is 2. The number of likely N-dealkylation sites (tertiary alicyclic amines) is 1. The number of carbonyl (C=O) groups is 1. The molecule has 1 aliphatic heterocycles. The van der Waals surface area contributed by atoms with Crippen LogP contribution in [0.3, 0.4) is 0 Å². The second-order valence-electron chi connectivity index (χ2n) is 7.31. The van der Waals surface area contributed by atoms with E-state index < -0.39 is 12.1 Å². The molecular formula is C17H26F3N5O. The Bertz CT molecular complexity index is 578. The molecule has 0 spiro atoms. The van der Waals surface area contributed by atoms with Crippen molar-refractivity contribution in [2.24, 2.45) is 5.92 Å². The van der Waals surface area contributed by atoms with Gasteiger partial charge in [-0.3, -0.25) is 4.68 Å². The van der Waals surface area contributed by atoms with E-state index in [1.165, 1.54) is 0 Å². The molecule has 0 unspecified atom stereocenters. The minimum atomic E-state index is -4.07. The summed E-state index contributed by atoms with van der Waals surface area (Å²) in [5.41, 5.74) is 0. The van der Waals surface area contributed by atoms with Gasteiger partial charge in [-0.2, -0.15) is 18.3 Å². The standard InChI is InChI=1S/C17H26F3N5O/c1-23(9-10-25-6-2-5-21-25)16(26)22-14-11-15(12-14)24-7-3-13(4-8-24)17(18,19)20/h2,5-6,13-15H,3-4,7-12H2,1H3,(H,22,26). The number of piperidine rings is 1. The third-order valence-electron chi connectivity index (χ3n) is 5.52. The van der Waals surface area contributed by atoms with Crippen molar-refractivity contribution in [3.8, 4) is 0 Å². The van der Waals surface area contributed by atoms with Crippen molar-refractivity contribution in [2.45, 2.75) is 50.5 Å². The van der Waals surface area contributed by atoms with Gasteiger partial charge in [0.15, 0.2) is 0 Å². The predicted molar refractivity (Wildman–Crippen MR) is 90.6 cm³/mol. The zero-order valence-electron chi connectivity index (χ0n) is 15.0. The fraction of sp³-hybridized carbons (Fsp3) is 0.765. The molecule has 0 aromatic carbocycles. The zero-order valence-corrected chi connectivity index (χ0v) is 15.0. The van der Waals surface area contributed by atoms with Crippen LogP contribution >= 0.6 is 0 Å². The van der Waals surface area contributed by atoms with Gasteiger partial charge >= 0.3 is 12.2 Å². The molecule has 0 radical (unpaired) electrons. The highest BCUT2D eigenvalue weighted by Gasteiger charge is 2.43. The molecule has 146 valence electrons. The number of rotatable bonds is 5. The molecule has 9 heteroatoms. The van der Waals surface area contributed by atoms with Crippen LogP contribution in [0.15, 0.2) is 18.5 Å². The smallest absolute Gasteiger partial charge is 0.335 e. The maximum absolute atomic E-state index is 12.7. The van der Waals surface area contributed by atoms with E-state index in [9.17, 15) is 18.0 Å². The molecule has 1 saturated heterocycles. The normalized spacial score (nSPS) is 24.9. The molecule has 1 N–H and O–H groups in total. The summed E-state index contributed by atoms with van der Waals surface area (Å²) >= 11 is 0. The number of urea groups is 1. The third-order valence-corrected chi connectivity index (χ3v) is 5.52. The molecule has 2 amide bonds. The highest BCUT2D eigenvalue weighted by atomic mass is 19.4. The fourth-order valence-electron chi connectivity index (χ4n) is 3.67. The van der Waals surface area contributed by atoms with Gasteiger partial charge < -0.3 is 15.1 Å². The number of nitrogens with one attached hydrogen (secondary N) is 1. The van der Waals surface area contributed by atoms with Gasteiger partial charge in [-0.05, 0) is 44.8 Å². The van der Waals surface area contributed by atoms with Crippen LogP contribution in [0.25, 0.3) is 0 Å². The predicted octanol–water partition coefficient (Wildman–Crippen LogP) is 2.33. The molecular weight excluding hydrogens is 347 g/mol. The van der Waals surface area contributed by atoms with Crippen molar-refractivity contribution in [3.05, 3.63) is 18.5 Å². The SMILES string of the molecule is CN(CCn1cccn1)C(=O)NC1CC(N2CCC(C(F)(F)F)CC2)C1. The molecule has 1 aromatic heterocycles. The molecule has 1 aromatic rings. The highest BCUT2D eigenvalue weighted by molar-refractivity contribution is 5.74. The van der Waals surface area contributed by atoms with Crippen LogP contribution in [0.5, 0.6) is 0 Å². The lowest BCUT2D eigenvalue weighted by Crippen LogP contribution is -2.57. The Labute approximate surface area is 151 Å². The number of halogens is 3. The van der Waals surface area contributed by atoms with Gasteiger partial charge in [0.2, 0.25) is 0 Å². The van der Waals surface area contributed by atoms with E-state index in [0.717, 1.165) is 12.8 Å². The minimum absolute atomic E-state index is 0.111. The highest BCUT2D eigenvalue weighted by Crippen LogP contribution is 2.36. The van der Waals surface area contributed by atoms with Gasteiger partial charge in [0.25, 0.3) is 0 Å². The lowest BCUT2D eigenvalue weighted by atomic mass is 9.83. The van der Waals surface area contributed by atoms with E-state index in [2.05, 4.69) is 15.3 Å². The van der Waals surface area contributed by atoms with Gasteiger partial charge in [0, 0.05) is 38.1 Å². The summed E-state index contributed by atoms with van der Waals surface area (Å²) in [7, 11) is 1.75. The molecule has 0 atom stereocenters.